The fourth-order valence-corrected chi connectivity index (χ4v) is 3.32. The Labute approximate surface area is 148 Å². The van der Waals surface area contributed by atoms with Crippen LogP contribution < -0.4 is 5.32 Å². The summed E-state index contributed by atoms with van der Waals surface area (Å²) in [6, 6.07) is 7.48. The minimum absolute atomic E-state index is 0.0228. The van der Waals surface area contributed by atoms with Crippen LogP contribution in [-0.2, 0) is 9.59 Å². The third kappa shape index (κ3) is 4.18. The molecule has 6 heteroatoms. The highest BCUT2D eigenvalue weighted by atomic mass is 16.2. The maximum absolute atomic E-state index is 12.4. The van der Waals surface area contributed by atoms with E-state index in [0.717, 1.165) is 49.8 Å². The fraction of sp³-hybridized carbons (Fsp3) is 0.526. The maximum Gasteiger partial charge on any atom is 0.242 e. The molecule has 0 spiro atoms. The molecular weight excluding hydrogens is 316 g/mol. The Morgan fingerprint density at radius 3 is 3.00 bits per heavy atom. The van der Waals surface area contributed by atoms with Crippen molar-refractivity contribution in [3.63, 3.8) is 0 Å². The highest BCUT2D eigenvalue weighted by Crippen LogP contribution is 2.17. The van der Waals surface area contributed by atoms with E-state index in [4.69, 9.17) is 0 Å². The predicted octanol–water partition coefficient (Wildman–Crippen LogP) is 2.51. The first kappa shape index (κ1) is 17.5. The molecule has 0 saturated carbocycles. The third-order valence-corrected chi connectivity index (χ3v) is 4.85. The number of nitrogens with one attached hydrogen (secondary N) is 1. The predicted molar refractivity (Wildman–Crippen MR) is 97.1 cm³/mol. The zero-order chi connectivity index (χ0) is 17.6. The van der Waals surface area contributed by atoms with Gasteiger partial charge in [-0.15, -0.1) is 0 Å². The third-order valence-electron chi connectivity index (χ3n) is 4.85. The SMILES string of the molecule is CC(C(=O)NCCCN1CCCCCC1=O)n1cnc2ccccc21. The van der Waals surface area contributed by atoms with Crippen LogP contribution in [0.25, 0.3) is 11.0 Å². The molecule has 1 aliphatic rings. The van der Waals surface area contributed by atoms with Gasteiger partial charge in [0.2, 0.25) is 11.8 Å². The first-order chi connectivity index (χ1) is 12.2. The number of carbonyl (C=O) groups is 2. The summed E-state index contributed by atoms with van der Waals surface area (Å²) in [7, 11) is 0. The smallest absolute Gasteiger partial charge is 0.242 e. The quantitative estimate of drug-likeness (QED) is 0.820. The van der Waals surface area contributed by atoms with Gasteiger partial charge in [-0.1, -0.05) is 18.6 Å². The van der Waals surface area contributed by atoms with Crippen molar-refractivity contribution in [1.29, 1.82) is 0 Å². The number of imidazole rings is 1. The Balaban J connectivity index is 1.48. The van der Waals surface area contributed by atoms with Crippen LogP contribution in [0, 0.1) is 0 Å². The lowest BCUT2D eigenvalue weighted by Gasteiger charge is -2.21. The van der Waals surface area contributed by atoms with Gasteiger partial charge < -0.3 is 14.8 Å². The van der Waals surface area contributed by atoms with Crippen LogP contribution in [0.4, 0.5) is 0 Å². The zero-order valence-electron chi connectivity index (χ0n) is 14.8. The second kappa shape index (κ2) is 8.14. The van der Waals surface area contributed by atoms with Crippen molar-refractivity contribution in [2.75, 3.05) is 19.6 Å². The van der Waals surface area contributed by atoms with E-state index < -0.39 is 0 Å². The van der Waals surface area contributed by atoms with Crippen molar-refractivity contribution in [2.45, 2.75) is 45.1 Å². The molecule has 134 valence electrons. The molecule has 1 atom stereocenters. The summed E-state index contributed by atoms with van der Waals surface area (Å²) < 4.78 is 1.89. The van der Waals surface area contributed by atoms with E-state index in [1.165, 1.54) is 0 Å². The standard InChI is InChI=1S/C19H26N4O2/c1-15(23-14-21-16-8-4-5-9-17(16)23)19(25)20-11-7-13-22-12-6-2-3-10-18(22)24/h4-5,8-9,14-15H,2-3,6-7,10-13H2,1H3,(H,20,25). The number of carbonyl (C=O) groups excluding carboxylic acids is 2. The minimum Gasteiger partial charge on any atom is -0.354 e. The van der Waals surface area contributed by atoms with E-state index in [2.05, 4.69) is 10.3 Å². The van der Waals surface area contributed by atoms with Crippen LogP contribution in [0.15, 0.2) is 30.6 Å². The van der Waals surface area contributed by atoms with Gasteiger partial charge in [0.25, 0.3) is 0 Å². The molecule has 1 saturated heterocycles. The summed E-state index contributed by atoms with van der Waals surface area (Å²) in [4.78, 5) is 30.6. The van der Waals surface area contributed by atoms with Gasteiger partial charge >= 0.3 is 0 Å². The Hall–Kier alpha value is -2.37. The van der Waals surface area contributed by atoms with Gasteiger partial charge in [0.05, 0.1) is 17.4 Å². The van der Waals surface area contributed by atoms with Crippen molar-refractivity contribution in [3.8, 4) is 0 Å². The van der Waals surface area contributed by atoms with Crippen molar-refractivity contribution < 1.29 is 9.59 Å². The molecular formula is C19H26N4O2. The average Bonchev–Trinajstić information content (AvgIpc) is 2.95. The summed E-state index contributed by atoms with van der Waals surface area (Å²) >= 11 is 0. The van der Waals surface area contributed by atoms with Crippen LogP contribution in [0.1, 0.15) is 45.1 Å². The van der Waals surface area contributed by atoms with Gasteiger partial charge in [-0.2, -0.15) is 0 Å². The normalized spacial score (nSPS) is 16.7. The molecule has 0 radical (unpaired) electrons. The number of nitrogens with zero attached hydrogens (tertiary/aromatic N) is 3. The maximum atomic E-state index is 12.4. The number of hydrogen-bond donors (Lipinski definition) is 1. The topological polar surface area (TPSA) is 67.2 Å². The second-order valence-corrected chi connectivity index (χ2v) is 6.65. The number of hydrogen-bond acceptors (Lipinski definition) is 3. The first-order valence-electron chi connectivity index (χ1n) is 9.14. The molecule has 2 amide bonds. The Bertz CT molecular complexity index is 740. The van der Waals surface area contributed by atoms with Crippen LogP contribution in [0.5, 0.6) is 0 Å². The lowest BCUT2D eigenvalue weighted by Crippen LogP contribution is -2.35. The molecule has 25 heavy (non-hydrogen) atoms. The number of likely N-dealkylation sites (tertiary alicyclic amines) is 1. The summed E-state index contributed by atoms with van der Waals surface area (Å²) in [5.41, 5.74) is 1.85. The molecule has 2 aromatic rings. The lowest BCUT2D eigenvalue weighted by molar-refractivity contribution is -0.130. The van der Waals surface area contributed by atoms with Gasteiger partial charge in [-0.25, -0.2) is 4.98 Å². The van der Waals surface area contributed by atoms with Gasteiger partial charge in [0.1, 0.15) is 6.04 Å². The van der Waals surface area contributed by atoms with Crippen LogP contribution in [0.2, 0.25) is 0 Å². The number of rotatable bonds is 6. The van der Waals surface area contributed by atoms with E-state index in [1.54, 1.807) is 6.33 Å². The zero-order valence-corrected chi connectivity index (χ0v) is 14.8. The summed E-state index contributed by atoms with van der Waals surface area (Å²) in [5.74, 6) is 0.229. The molecule has 1 N–H and O–H groups in total. The number of aromatic nitrogens is 2. The molecule has 1 fully saturated rings. The Kier molecular flexibility index (Phi) is 5.68. The number of fused-ring (bicyclic) bond motifs is 1. The van der Waals surface area contributed by atoms with Crippen LogP contribution in [0.3, 0.4) is 0 Å². The molecule has 0 aliphatic carbocycles. The number of benzene rings is 1. The van der Waals surface area contributed by atoms with E-state index in [-0.39, 0.29) is 17.9 Å². The highest BCUT2D eigenvalue weighted by molar-refractivity contribution is 5.83. The second-order valence-electron chi connectivity index (χ2n) is 6.65. The number of amides is 2. The van der Waals surface area contributed by atoms with E-state index in [1.807, 2.05) is 40.7 Å². The van der Waals surface area contributed by atoms with Crippen molar-refractivity contribution in [1.82, 2.24) is 19.8 Å². The lowest BCUT2D eigenvalue weighted by atomic mass is 10.2. The van der Waals surface area contributed by atoms with Crippen molar-refractivity contribution in [2.24, 2.45) is 0 Å². The van der Waals surface area contributed by atoms with Gasteiger partial charge in [-0.3, -0.25) is 9.59 Å². The minimum atomic E-state index is -0.313. The summed E-state index contributed by atoms with van der Waals surface area (Å²) in [5, 5.41) is 2.98. The Morgan fingerprint density at radius 2 is 2.12 bits per heavy atom. The molecule has 1 aromatic heterocycles. The highest BCUT2D eigenvalue weighted by Gasteiger charge is 2.18. The van der Waals surface area contributed by atoms with Crippen molar-refractivity contribution in [3.05, 3.63) is 30.6 Å². The van der Waals surface area contributed by atoms with Gasteiger partial charge in [-0.05, 0) is 38.3 Å². The monoisotopic (exact) mass is 342 g/mol. The number of para-hydroxylation sites is 2. The van der Waals surface area contributed by atoms with Crippen molar-refractivity contribution >= 4 is 22.8 Å². The van der Waals surface area contributed by atoms with Gasteiger partial charge in [0, 0.05) is 26.1 Å². The summed E-state index contributed by atoms with van der Waals surface area (Å²) in [6.07, 6.45) is 6.39. The van der Waals surface area contributed by atoms with Gasteiger partial charge in [0.15, 0.2) is 0 Å². The van der Waals surface area contributed by atoms with E-state index >= 15 is 0 Å². The molecule has 1 aliphatic heterocycles. The van der Waals surface area contributed by atoms with Crippen LogP contribution in [-0.4, -0.2) is 45.9 Å². The molecule has 6 nitrogen and oxygen atoms in total. The molecule has 1 unspecified atom stereocenters. The molecule has 0 bridgehead atoms. The molecule has 2 heterocycles. The van der Waals surface area contributed by atoms with E-state index in [0.29, 0.717) is 13.0 Å². The fourth-order valence-electron chi connectivity index (χ4n) is 3.32. The van der Waals surface area contributed by atoms with Crippen LogP contribution >= 0.6 is 0 Å². The van der Waals surface area contributed by atoms with E-state index in [9.17, 15) is 9.59 Å². The largest absolute Gasteiger partial charge is 0.354 e. The molecule has 3 rings (SSSR count). The molecule has 1 aromatic carbocycles. The first-order valence-corrected chi connectivity index (χ1v) is 9.14. The Morgan fingerprint density at radius 1 is 1.28 bits per heavy atom. The summed E-state index contributed by atoms with van der Waals surface area (Å²) in [6.45, 7) is 4.03. The average molecular weight is 342 g/mol.